The molecule has 0 atom stereocenters. The van der Waals surface area contributed by atoms with Crippen LogP contribution in [0.2, 0.25) is 0 Å². The van der Waals surface area contributed by atoms with E-state index in [1.165, 1.54) is 5.56 Å². The molecule has 3 aromatic rings. The maximum atomic E-state index is 13.3. The Balaban J connectivity index is 1.49. The number of nitrogens with one attached hydrogen (secondary N) is 1. The molecule has 46 heavy (non-hydrogen) atoms. The predicted octanol–water partition coefficient (Wildman–Crippen LogP) is 7.45. The maximum absolute atomic E-state index is 13.3. The third-order valence-corrected chi connectivity index (χ3v) is 6.69. The molecule has 0 spiro atoms. The first-order valence-electron chi connectivity index (χ1n) is 15.1. The van der Waals surface area contributed by atoms with Crippen molar-refractivity contribution in [2.45, 2.75) is 72.6 Å². The van der Waals surface area contributed by atoms with Gasteiger partial charge >= 0.3 is 12.2 Å². The number of guanidine groups is 1. The second kappa shape index (κ2) is 13.9. The summed E-state index contributed by atoms with van der Waals surface area (Å²) in [5.41, 5.74) is 10.4. The van der Waals surface area contributed by atoms with E-state index in [4.69, 9.17) is 19.9 Å². The highest BCUT2D eigenvalue weighted by Gasteiger charge is 2.27. The molecule has 1 aliphatic heterocycles. The van der Waals surface area contributed by atoms with Crippen LogP contribution >= 0.6 is 0 Å². The van der Waals surface area contributed by atoms with E-state index < -0.39 is 23.4 Å². The quantitative estimate of drug-likeness (QED) is 0.222. The fraction of sp³-hybridized carbons (Fsp3) is 0.333. The van der Waals surface area contributed by atoms with Gasteiger partial charge in [-0.1, -0.05) is 48.0 Å². The van der Waals surface area contributed by atoms with E-state index in [-0.39, 0.29) is 18.4 Å². The molecule has 0 unspecified atom stereocenters. The lowest BCUT2D eigenvalue weighted by Crippen LogP contribution is -2.44. The topological polar surface area (TPSA) is 133 Å². The number of benzene rings is 3. The summed E-state index contributed by atoms with van der Waals surface area (Å²) >= 11 is 0. The van der Waals surface area contributed by atoms with Gasteiger partial charge in [0.2, 0.25) is 5.96 Å². The number of nitrogens with two attached hydrogens (primary N) is 1. The number of rotatable bonds is 5. The van der Waals surface area contributed by atoms with Gasteiger partial charge in [0.25, 0.3) is 5.91 Å². The van der Waals surface area contributed by atoms with Crippen LogP contribution in [0.4, 0.5) is 15.3 Å². The number of aliphatic imine (C=N–C) groups is 1. The standard InChI is InChI=1S/C36H42N4O6/c1-23-8-12-25(13-9-23)26-14-17-30-28(20-26)21-27(18-19-44-30)31(41)38-29-15-10-24(11-16-29)22-40(34(43)46-36(5,6)7)32(37)39-33(42)45-35(2,3)4/h8-17,20-21H,18-19,22H2,1-7H3,(H,38,41)(H2,37,39,42). The van der Waals surface area contributed by atoms with Gasteiger partial charge in [0, 0.05) is 23.2 Å². The van der Waals surface area contributed by atoms with Crippen molar-refractivity contribution in [3.05, 3.63) is 89.0 Å². The lowest BCUT2D eigenvalue weighted by atomic mass is 10.00. The molecule has 0 aromatic heterocycles. The SMILES string of the molecule is Cc1ccc(-c2ccc3c(c2)C=C(C(=O)Nc2ccc(CN(C(=O)OC(C)(C)C)C(N)=NC(=O)OC(C)(C)C)cc2)CCO3)cc1. The third-order valence-electron chi connectivity index (χ3n) is 6.69. The third kappa shape index (κ3) is 9.69. The molecule has 10 heteroatoms. The summed E-state index contributed by atoms with van der Waals surface area (Å²) in [6.45, 7) is 12.6. The van der Waals surface area contributed by atoms with Crippen LogP contribution < -0.4 is 15.8 Å². The molecule has 0 fully saturated rings. The van der Waals surface area contributed by atoms with Crippen LogP contribution in [-0.2, 0) is 20.8 Å². The van der Waals surface area contributed by atoms with Crippen LogP contribution in [0.15, 0.2) is 77.3 Å². The Morgan fingerprint density at radius 2 is 1.52 bits per heavy atom. The molecule has 1 heterocycles. The Morgan fingerprint density at radius 1 is 0.891 bits per heavy atom. The average molecular weight is 627 g/mol. The highest BCUT2D eigenvalue weighted by molar-refractivity contribution is 6.07. The summed E-state index contributed by atoms with van der Waals surface area (Å²) in [6, 6.07) is 21.2. The molecular formula is C36H42N4O6. The molecule has 0 aliphatic carbocycles. The molecule has 242 valence electrons. The molecule has 10 nitrogen and oxygen atoms in total. The first-order valence-corrected chi connectivity index (χ1v) is 15.1. The first kappa shape index (κ1) is 33.8. The van der Waals surface area contributed by atoms with E-state index in [0.29, 0.717) is 29.9 Å². The van der Waals surface area contributed by atoms with Gasteiger partial charge in [-0.05, 0) is 95.5 Å². The minimum atomic E-state index is -0.927. The molecule has 3 aromatic carbocycles. The van der Waals surface area contributed by atoms with Gasteiger partial charge < -0.3 is 25.3 Å². The number of hydrogen-bond acceptors (Lipinski definition) is 6. The molecule has 0 saturated heterocycles. The molecule has 4 rings (SSSR count). The second-order valence-corrected chi connectivity index (χ2v) is 13.1. The van der Waals surface area contributed by atoms with Crippen LogP contribution in [0.3, 0.4) is 0 Å². The average Bonchev–Trinajstić information content (AvgIpc) is 3.17. The molecular weight excluding hydrogens is 584 g/mol. The van der Waals surface area contributed by atoms with E-state index >= 15 is 0 Å². The number of amides is 3. The van der Waals surface area contributed by atoms with Gasteiger partial charge in [0.05, 0.1) is 13.2 Å². The van der Waals surface area contributed by atoms with Crippen LogP contribution in [0, 0.1) is 6.92 Å². The maximum Gasteiger partial charge on any atom is 0.437 e. The van der Waals surface area contributed by atoms with Crippen molar-refractivity contribution in [3.8, 4) is 16.9 Å². The molecule has 1 aliphatic rings. The lowest BCUT2D eigenvalue weighted by Gasteiger charge is -2.27. The zero-order valence-corrected chi connectivity index (χ0v) is 27.5. The summed E-state index contributed by atoms with van der Waals surface area (Å²) in [4.78, 5) is 43.4. The smallest absolute Gasteiger partial charge is 0.437 e. The Bertz CT molecular complexity index is 1650. The zero-order valence-electron chi connectivity index (χ0n) is 27.5. The fourth-order valence-corrected chi connectivity index (χ4v) is 4.51. The van der Waals surface area contributed by atoms with Crippen LogP contribution in [0.5, 0.6) is 5.75 Å². The van der Waals surface area contributed by atoms with Crippen molar-refractivity contribution in [3.63, 3.8) is 0 Å². The highest BCUT2D eigenvalue weighted by atomic mass is 16.6. The minimum Gasteiger partial charge on any atom is -0.493 e. The Kier molecular flexibility index (Phi) is 10.2. The number of ether oxygens (including phenoxy) is 3. The van der Waals surface area contributed by atoms with Crippen LogP contribution in [0.1, 0.15) is 64.7 Å². The van der Waals surface area contributed by atoms with Gasteiger partial charge in [-0.3, -0.25) is 4.79 Å². The predicted molar refractivity (Wildman–Crippen MR) is 179 cm³/mol. The van der Waals surface area contributed by atoms with Crippen molar-refractivity contribution in [1.29, 1.82) is 0 Å². The summed E-state index contributed by atoms with van der Waals surface area (Å²) in [6.07, 6.45) is 0.612. The van der Waals surface area contributed by atoms with Gasteiger partial charge in [0.15, 0.2) is 0 Å². The lowest BCUT2D eigenvalue weighted by molar-refractivity contribution is -0.113. The van der Waals surface area contributed by atoms with Crippen molar-refractivity contribution >= 4 is 35.8 Å². The molecule has 3 amide bonds. The van der Waals surface area contributed by atoms with Gasteiger partial charge in [-0.25, -0.2) is 14.5 Å². The summed E-state index contributed by atoms with van der Waals surface area (Å²) in [5, 5.41) is 2.95. The number of nitrogens with zero attached hydrogens (tertiary/aromatic N) is 2. The normalized spacial score (nSPS) is 13.4. The first-order chi connectivity index (χ1) is 21.6. The Hall–Kier alpha value is -5.12. The van der Waals surface area contributed by atoms with E-state index in [2.05, 4.69) is 34.6 Å². The minimum absolute atomic E-state index is 0.0378. The molecule has 0 radical (unpaired) electrons. The summed E-state index contributed by atoms with van der Waals surface area (Å²) in [7, 11) is 0. The van der Waals surface area contributed by atoms with Crippen LogP contribution in [-0.4, -0.2) is 46.8 Å². The Morgan fingerprint density at radius 3 is 2.15 bits per heavy atom. The van der Waals surface area contributed by atoms with Gasteiger partial charge in [-0.15, -0.1) is 4.99 Å². The zero-order chi connectivity index (χ0) is 33.6. The van der Waals surface area contributed by atoms with Crippen molar-refractivity contribution in [2.24, 2.45) is 10.7 Å². The fourth-order valence-electron chi connectivity index (χ4n) is 4.51. The van der Waals surface area contributed by atoms with E-state index in [9.17, 15) is 14.4 Å². The monoisotopic (exact) mass is 626 g/mol. The molecule has 3 N–H and O–H groups in total. The van der Waals surface area contributed by atoms with Crippen molar-refractivity contribution in [1.82, 2.24) is 4.90 Å². The van der Waals surface area contributed by atoms with Gasteiger partial charge in [0.1, 0.15) is 17.0 Å². The van der Waals surface area contributed by atoms with E-state index in [0.717, 1.165) is 27.3 Å². The van der Waals surface area contributed by atoms with E-state index in [1.807, 2.05) is 31.2 Å². The number of carbonyl (C=O) groups is 3. The summed E-state index contributed by atoms with van der Waals surface area (Å²) in [5.74, 6) is 0.121. The van der Waals surface area contributed by atoms with E-state index in [1.54, 1.807) is 65.8 Å². The Labute approximate surface area is 270 Å². The highest BCUT2D eigenvalue weighted by Crippen LogP contribution is 2.31. The summed E-state index contributed by atoms with van der Waals surface area (Å²) < 4.78 is 16.6. The van der Waals surface area contributed by atoms with Crippen molar-refractivity contribution in [2.75, 3.05) is 11.9 Å². The number of fused-ring (bicyclic) bond motifs is 1. The number of carbonyl (C=O) groups excluding carboxylic acids is 3. The molecule has 0 bridgehead atoms. The van der Waals surface area contributed by atoms with Crippen molar-refractivity contribution < 1.29 is 28.6 Å². The second-order valence-electron chi connectivity index (χ2n) is 13.1. The number of anilines is 1. The van der Waals surface area contributed by atoms with Crippen LogP contribution in [0.25, 0.3) is 17.2 Å². The largest absolute Gasteiger partial charge is 0.493 e. The molecule has 0 saturated carbocycles. The number of aryl methyl sites for hydroxylation is 1. The van der Waals surface area contributed by atoms with Gasteiger partial charge in [-0.2, -0.15) is 0 Å². The number of hydrogen-bond donors (Lipinski definition) is 2.